The fourth-order valence-electron chi connectivity index (χ4n) is 3.79. The number of carbonyl (C=O) groups excluding carboxylic acids is 1. The first-order valence-corrected chi connectivity index (χ1v) is 9.98. The average molecular weight is 409 g/mol. The van der Waals surface area contributed by atoms with E-state index >= 15 is 0 Å². The molecular weight excluding hydrogens is 382 g/mol. The Morgan fingerprint density at radius 2 is 2.07 bits per heavy atom. The molecule has 0 saturated carbocycles. The first kappa shape index (κ1) is 19.9. The van der Waals surface area contributed by atoms with E-state index in [9.17, 15) is 4.79 Å². The summed E-state index contributed by atoms with van der Waals surface area (Å²) in [6.07, 6.45) is 5.89. The molecule has 9 nitrogen and oxygen atoms in total. The molecule has 1 saturated heterocycles. The number of amides is 1. The number of likely N-dealkylation sites (N-methyl/N-ethyl adjacent to an activating group) is 1. The Kier molecular flexibility index (Phi) is 4.97. The van der Waals surface area contributed by atoms with Gasteiger partial charge in [0, 0.05) is 44.3 Å². The molecule has 4 rings (SSSR count). The van der Waals surface area contributed by atoms with Crippen LogP contribution in [0.5, 0.6) is 0 Å². The van der Waals surface area contributed by atoms with Crippen LogP contribution in [0.3, 0.4) is 0 Å². The molecule has 9 heteroatoms. The highest BCUT2D eigenvalue weighted by atomic mass is 16.6. The normalized spacial score (nSPS) is 16.8. The number of carbonyl (C=O) groups is 1. The molecule has 1 aliphatic heterocycles. The van der Waals surface area contributed by atoms with Crippen molar-refractivity contribution in [1.82, 2.24) is 24.8 Å². The minimum absolute atomic E-state index is 0.0696. The third-order valence-corrected chi connectivity index (χ3v) is 5.23. The number of aromatic amines is 1. The van der Waals surface area contributed by atoms with Gasteiger partial charge in [-0.3, -0.25) is 0 Å². The van der Waals surface area contributed by atoms with E-state index in [4.69, 9.17) is 10.5 Å². The molecule has 1 unspecified atom stereocenters. The van der Waals surface area contributed by atoms with E-state index < -0.39 is 5.60 Å². The van der Waals surface area contributed by atoms with Crippen LogP contribution < -0.4 is 10.6 Å². The zero-order valence-corrected chi connectivity index (χ0v) is 17.7. The lowest BCUT2D eigenvalue weighted by Gasteiger charge is -2.29. The summed E-state index contributed by atoms with van der Waals surface area (Å²) in [4.78, 5) is 32.5. The van der Waals surface area contributed by atoms with Crippen molar-refractivity contribution in [2.75, 3.05) is 30.8 Å². The molecule has 158 valence electrons. The number of nitrogens with one attached hydrogen (secondary N) is 1. The van der Waals surface area contributed by atoms with Crippen molar-refractivity contribution in [2.24, 2.45) is 0 Å². The van der Waals surface area contributed by atoms with E-state index in [2.05, 4.69) is 24.8 Å². The van der Waals surface area contributed by atoms with Crippen molar-refractivity contribution >= 4 is 28.8 Å². The SMILES string of the molecule is CN(C(=O)OC(C)(C)C)C1CCN(c2ccnc3[nH]cc(-c4ccnc(N)n4)c23)C1. The van der Waals surface area contributed by atoms with Gasteiger partial charge in [0.15, 0.2) is 0 Å². The average Bonchev–Trinajstić information content (AvgIpc) is 3.33. The van der Waals surface area contributed by atoms with Crippen molar-refractivity contribution in [3.63, 3.8) is 0 Å². The van der Waals surface area contributed by atoms with Gasteiger partial charge in [0.2, 0.25) is 5.95 Å². The monoisotopic (exact) mass is 409 g/mol. The van der Waals surface area contributed by atoms with Gasteiger partial charge in [0.25, 0.3) is 0 Å². The molecule has 1 amide bonds. The zero-order valence-electron chi connectivity index (χ0n) is 17.7. The van der Waals surface area contributed by atoms with E-state index in [1.165, 1.54) is 0 Å². The Balaban J connectivity index is 1.62. The number of fused-ring (bicyclic) bond motifs is 1. The molecule has 1 aliphatic rings. The number of hydrogen-bond acceptors (Lipinski definition) is 7. The van der Waals surface area contributed by atoms with Crippen LogP contribution in [0.2, 0.25) is 0 Å². The maximum Gasteiger partial charge on any atom is 0.410 e. The minimum atomic E-state index is -0.514. The number of rotatable bonds is 3. The molecule has 0 bridgehead atoms. The molecule has 0 aliphatic carbocycles. The Morgan fingerprint density at radius 1 is 1.30 bits per heavy atom. The summed E-state index contributed by atoms with van der Waals surface area (Å²) < 4.78 is 5.53. The van der Waals surface area contributed by atoms with E-state index in [1.807, 2.05) is 39.1 Å². The molecule has 1 atom stereocenters. The van der Waals surface area contributed by atoms with Gasteiger partial charge in [-0.15, -0.1) is 0 Å². The van der Waals surface area contributed by atoms with Crippen LogP contribution >= 0.6 is 0 Å². The Hall–Kier alpha value is -3.36. The fourth-order valence-corrected chi connectivity index (χ4v) is 3.79. The topological polar surface area (TPSA) is 113 Å². The third kappa shape index (κ3) is 3.87. The molecular formula is C21H27N7O2. The smallest absolute Gasteiger partial charge is 0.410 e. The molecule has 30 heavy (non-hydrogen) atoms. The number of aromatic nitrogens is 4. The molecule has 3 aromatic rings. The van der Waals surface area contributed by atoms with Crippen LogP contribution in [0.15, 0.2) is 30.7 Å². The fraction of sp³-hybridized carbons (Fsp3) is 0.429. The van der Waals surface area contributed by atoms with Gasteiger partial charge < -0.3 is 25.3 Å². The molecule has 0 spiro atoms. The number of nitrogen functional groups attached to an aromatic ring is 1. The van der Waals surface area contributed by atoms with Crippen molar-refractivity contribution in [3.8, 4) is 11.3 Å². The highest BCUT2D eigenvalue weighted by Crippen LogP contribution is 2.36. The lowest BCUT2D eigenvalue weighted by Crippen LogP contribution is -2.42. The number of hydrogen-bond donors (Lipinski definition) is 2. The highest BCUT2D eigenvalue weighted by molar-refractivity contribution is 6.02. The number of nitrogens with zero attached hydrogens (tertiary/aromatic N) is 5. The van der Waals surface area contributed by atoms with Crippen LogP contribution in [-0.2, 0) is 4.74 Å². The molecule has 1 fully saturated rings. The Morgan fingerprint density at radius 3 is 2.80 bits per heavy atom. The third-order valence-electron chi connectivity index (χ3n) is 5.23. The molecule has 0 aromatic carbocycles. The maximum absolute atomic E-state index is 12.5. The summed E-state index contributed by atoms with van der Waals surface area (Å²) in [5, 5.41) is 0.983. The van der Waals surface area contributed by atoms with Gasteiger partial charge in [-0.1, -0.05) is 0 Å². The first-order chi connectivity index (χ1) is 14.2. The summed E-state index contributed by atoms with van der Waals surface area (Å²) in [7, 11) is 1.80. The standard InChI is InChI=1S/C21H27N7O2/c1-21(2,3)30-20(29)27(4)13-7-10-28(12-13)16-6-9-23-18-17(16)14(11-25-18)15-5-8-24-19(22)26-15/h5-6,8-9,11,13H,7,10,12H2,1-4H3,(H,23,25)(H2,22,24,26). The van der Waals surface area contributed by atoms with E-state index in [-0.39, 0.29) is 18.1 Å². The molecule has 3 N–H and O–H groups in total. The zero-order chi connectivity index (χ0) is 21.5. The van der Waals surface area contributed by atoms with Crippen LogP contribution in [0.1, 0.15) is 27.2 Å². The largest absolute Gasteiger partial charge is 0.444 e. The van der Waals surface area contributed by atoms with Gasteiger partial charge in [0.1, 0.15) is 11.2 Å². The van der Waals surface area contributed by atoms with Crippen LogP contribution in [0.25, 0.3) is 22.3 Å². The summed E-state index contributed by atoms with van der Waals surface area (Å²) in [5.74, 6) is 0.229. The highest BCUT2D eigenvalue weighted by Gasteiger charge is 2.32. The van der Waals surface area contributed by atoms with E-state index in [0.717, 1.165) is 40.9 Å². The molecule has 4 heterocycles. The van der Waals surface area contributed by atoms with Gasteiger partial charge in [-0.25, -0.2) is 19.7 Å². The summed E-state index contributed by atoms with van der Waals surface area (Å²) >= 11 is 0. The number of nitrogens with two attached hydrogens (primary N) is 1. The predicted molar refractivity (Wildman–Crippen MR) is 116 cm³/mol. The molecule has 3 aromatic heterocycles. The van der Waals surface area contributed by atoms with Crippen molar-refractivity contribution in [1.29, 1.82) is 0 Å². The summed E-state index contributed by atoms with van der Waals surface area (Å²) in [5.41, 5.74) is 8.76. The second kappa shape index (κ2) is 7.47. The van der Waals surface area contributed by atoms with E-state index in [1.54, 1.807) is 24.3 Å². The van der Waals surface area contributed by atoms with Gasteiger partial charge in [-0.2, -0.15) is 0 Å². The number of pyridine rings is 1. The second-order valence-corrected chi connectivity index (χ2v) is 8.54. The number of H-pyrrole nitrogens is 1. The quantitative estimate of drug-likeness (QED) is 0.683. The minimum Gasteiger partial charge on any atom is -0.444 e. The lowest BCUT2D eigenvalue weighted by atomic mass is 10.1. The van der Waals surface area contributed by atoms with Gasteiger partial charge in [-0.05, 0) is 39.3 Å². The van der Waals surface area contributed by atoms with Gasteiger partial charge >= 0.3 is 6.09 Å². The van der Waals surface area contributed by atoms with Crippen molar-refractivity contribution in [3.05, 3.63) is 30.7 Å². The molecule has 0 radical (unpaired) electrons. The number of ether oxygens (including phenoxy) is 1. The first-order valence-electron chi connectivity index (χ1n) is 9.98. The summed E-state index contributed by atoms with van der Waals surface area (Å²) in [6, 6.07) is 3.90. The summed E-state index contributed by atoms with van der Waals surface area (Å²) in [6.45, 7) is 7.17. The van der Waals surface area contributed by atoms with Gasteiger partial charge in [0.05, 0.1) is 22.8 Å². The lowest BCUT2D eigenvalue weighted by molar-refractivity contribution is 0.0238. The van der Waals surface area contributed by atoms with Crippen LogP contribution in [0, 0.1) is 0 Å². The maximum atomic E-state index is 12.5. The van der Waals surface area contributed by atoms with E-state index in [0.29, 0.717) is 6.54 Å². The van der Waals surface area contributed by atoms with Crippen LogP contribution in [-0.4, -0.2) is 62.7 Å². The Labute approximate surface area is 175 Å². The van der Waals surface area contributed by atoms with Crippen molar-refractivity contribution < 1.29 is 9.53 Å². The van der Waals surface area contributed by atoms with Crippen LogP contribution in [0.4, 0.5) is 16.4 Å². The Bertz CT molecular complexity index is 1070. The van der Waals surface area contributed by atoms with Crippen molar-refractivity contribution in [2.45, 2.75) is 38.8 Å². The predicted octanol–water partition coefficient (Wildman–Crippen LogP) is 3.05. The number of anilines is 2. The second-order valence-electron chi connectivity index (χ2n) is 8.54.